The summed E-state index contributed by atoms with van der Waals surface area (Å²) in [5.74, 6) is -5.72. The molecule has 0 saturated carbocycles. The number of ether oxygens (including phenoxy) is 1. The van der Waals surface area contributed by atoms with Crippen LogP contribution in [0.25, 0.3) is 0 Å². The van der Waals surface area contributed by atoms with Gasteiger partial charge in [-0.2, -0.15) is 13.2 Å². The summed E-state index contributed by atoms with van der Waals surface area (Å²) < 4.78 is 61.3. The summed E-state index contributed by atoms with van der Waals surface area (Å²) in [6, 6.07) is 7.53. The van der Waals surface area contributed by atoms with E-state index in [4.69, 9.17) is 9.26 Å². The van der Waals surface area contributed by atoms with Crippen molar-refractivity contribution in [2.45, 2.75) is 89.0 Å². The molecule has 1 aliphatic heterocycles. The second-order valence-corrected chi connectivity index (χ2v) is 11.8. The number of nitrogens with one attached hydrogen (secondary N) is 2. The third-order valence-corrected chi connectivity index (χ3v) is 8.26. The van der Waals surface area contributed by atoms with Crippen molar-refractivity contribution in [3.05, 3.63) is 35.9 Å². The number of alkyl carbamates (subject to hydrolysis) is 1. The Labute approximate surface area is 241 Å². The molecule has 4 N–H and O–H groups in total. The van der Waals surface area contributed by atoms with Gasteiger partial charge in [0.05, 0.1) is 0 Å². The van der Waals surface area contributed by atoms with Crippen LogP contribution >= 0.6 is 7.60 Å². The molecule has 16 heteroatoms. The number of amides is 3. The fourth-order valence-corrected chi connectivity index (χ4v) is 5.81. The summed E-state index contributed by atoms with van der Waals surface area (Å²) >= 11 is 0. The van der Waals surface area contributed by atoms with Crippen molar-refractivity contribution in [3.8, 4) is 0 Å². The molecule has 1 aromatic carbocycles. The van der Waals surface area contributed by atoms with Crippen LogP contribution in [0.4, 0.5) is 18.0 Å². The number of benzene rings is 1. The number of halogens is 3. The van der Waals surface area contributed by atoms with E-state index < -0.39 is 55.6 Å². The minimum Gasteiger partial charge on any atom is -0.480 e. The number of carbonyl (C=O) groups excluding carboxylic acids is 3. The number of rotatable bonds is 16. The van der Waals surface area contributed by atoms with Crippen molar-refractivity contribution in [1.29, 1.82) is 0 Å². The van der Waals surface area contributed by atoms with Crippen molar-refractivity contribution >= 4 is 31.5 Å². The summed E-state index contributed by atoms with van der Waals surface area (Å²) in [5.41, 5.74) is 0.678. The van der Waals surface area contributed by atoms with Crippen LogP contribution in [0, 0.1) is 0 Å². The molecule has 0 aromatic heterocycles. The first-order chi connectivity index (χ1) is 19.8. The lowest BCUT2D eigenvalue weighted by Crippen LogP contribution is -2.46. The van der Waals surface area contributed by atoms with E-state index in [0.717, 1.165) is 4.90 Å². The van der Waals surface area contributed by atoms with Crippen molar-refractivity contribution in [3.63, 3.8) is 0 Å². The maximum atomic E-state index is 13.5. The SMILES string of the molecule is CCCCC(NC(=O)OCc1ccccc1)P(=O)(O)O[C@@H](CCCCNC(=O)C(F)(F)F)C(=O)N1CCC[C@H]1C(=O)O. The smallest absolute Gasteiger partial charge is 0.471 e. The van der Waals surface area contributed by atoms with Crippen molar-refractivity contribution in [2.24, 2.45) is 0 Å². The van der Waals surface area contributed by atoms with Crippen LogP contribution in [0.2, 0.25) is 0 Å². The molecule has 3 amide bonds. The van der Waals surface area contributed by atoms with Gasteiger partial charge >= 0.3 is 31.7 Å². The highest BCUT2D eigenvalue weighted by Crippen LogP contribution is 2.50. The lowest BCUT2D eigenvalue weighted by molar-refractivity contribution is -0.173. The van der Waals surface area contributed by atoms with Crippen LogP contribution < -0.4 is 10.6 Å². The Bertz CT molecular complexity index is 1110. The minimum absolute atomic E-state index is 0.00341. The zero-order valence-electron chi connectivity index (χ0n) is 23.2. The largest absolute Gasteiger partial charge is 0.480 e. The monoisotopic (exact) mass is 623 g/mol. The predicted molar refractivity (Wildman–Crippen MR) is 143 cm³/mol. The molecule has 12 nitrogen and oxygen atoms in total. The molecule has 1 fully saturated rings. The number of alkyl halides is 3. The Morgan fingerprint density at radius 2 is 1.81 bits per heavy atom. The van der Waals surface area contributed by atoms with E-state index >= 15 is 0 Å². The van der Waals surface area contributed by atoms with E-state index in [2.05, 4.69) is 5.32 Å². The first-order valence-corrected chi connectivity index (χ1v) is 15.3. The maximum Gasteiger partial charge on any atom is 0.471 e. The number of nitrogens with zero attached hydrogens (tertiary/aromatic N) is 1. The average molecular weight is 624 g/mol. The number of aliphatic carboxylic acids is 1. The molecule has 1 aromatic rings. The highest BCUT2D eigenvalue weighted by atomic mass is 31.2. The number of carboxylic acids is 1. The van der Waals surface area contributed by atoms with Crippen LogP contribution in [0.1, 0.15) is 63.9 Å². The third kappa shape index (κ3) is 11.3. The molecular weight excluding hydrogens is 586 g/mol. The van der Waals surface area contributed by atoms with E-state index in [0.29, 0.717) is 24.8 Å². The maximum absolute atomic E-state index is 13.5. The van der Waals surface area contributed by atoms with Crippen LogP contribution in [0.15, 0.2) is 30.3 Å². The number of hydrogen-bond acceptors (Lipinski definition) is 7. The average Bonchev–Trinajstić information content (AvgIpc) is 3.43. The van der Waals surface area contributed by atoms with E-state index in [1.165, 1.54) is 0 Å². The van der Waals surface area contributed by atoms with Gasteiger partial charge in [-0.25, -0.2) is 9.59 Å². The van der Waals surface area contributed by atoms with Gasteiger partial charge in [-0.3, -0.25) is 18.7 Å². The quantitative estimate of drug-likeness (QED) is 0.157. The standard InChI is InChI=1S/C26H37F3N3O9P/c1-2-3-14-21(31-25(37)40-17-18-10-5-4-6-11-18)42(38,39)41-20(13-7-8-15-30-24(36)26(27,28)29)22(33)32-16-9-12-19(32)23(34)35/h4-6,10-11,19-21H,2-3,7-9,12-17H2,1H3,(H,30,36)(H,31,37)(H,34,35)(H,38,39)/t19-,20-,21?/m0/s1. The molecule has 1 saturated heterocycles. The molecular formula is C26H37F3N3O9P. The van der Waals surface area contributed by atoms with Crippen LogP contribution in [0.5, 0.6) is 0 Å². The summed E-state index contributed by atoms with van der Waals surface area (Å²) in [6.45, 7) is 1.39. The fourth-order valence-electron chi connectivity index (χ4n) is 4.32. The predicted octanol–water partition coefficient (Wildman–Crippen LogP) is 3.92. The Morgan fingerprint density at radius 1 is 1.12 bits per heavy atom. The molecule has 1 aliphatic rings. The Kier molecular flexibility index (Phi) is 13.7. The number of carbonyl (C=O) groups is 4. The Hall–Kier alpha value is -3.16. The molecule has 2 unspecified atom stereocenters. The molecule has 4 atom stereocenters. The topological polar surface area (TPSA) is 172 Å². The first-order valence-electron chi connectivity index (χ1n) is 13.6. The summed E-state index contributed by atoms with van der Waals surface area (Å²) in [5, 5.41) is 13.5. The van der Waals surface area contributed by atoms with Gasteiger partial charge in [0.15, 0.2) is 0 Å². The molecule has 0 bridgehead atoms. The first kappa shape index (κ1) is 35.0. The number of carboxylic acid groups (broad SMARTS) is 1. The van der Waals surface area contributed by atoms with Crippen molar-refractivity contribution < 1.29 is 56.2 Å². The third-order valence-electron chi connectivity index (χ3n) is 6.53. The number of likely N-dealkylation sites (tertiary alicyclic amines) is 1. The second kappa shape index (κ2) is 16.5. The van der Waals surface area contributed by atoms with Gasteiger partial charge in [-0.05, 0) is 44.1 Å². The van der Waals surface area contributed by atoms with Gasteiger partial charge in [-0.1, -0.05) is 50.1 Å². The zero-order valence-corrected chi connectivity index (χ0v) is 24.1. The van der Waals surface area contributed by atoms with Gasteiger partial charge < -0.3 is 30.3 Å². The molecule has 0 radical (unpaired) electrons. The Balaban J connectivity index is 2.14. The van der Waals surface area contributed by atoms with Gasteiger partial charge in [0.1, 0.15) is 24.5 Å². The van der Waals surface area contributed by atoms with Crippen molar-refractivity contribution in [1.82, 2.24) is 15.5 Å². The van der Waals surface area contributed by atoms with E-state index in [1.54, 1.807) is 35.6 Å². The van der Waals surface area contributed by atoms with Crippen LogP contribution in [-0.4, -0.2) is 76.0 Å². The summed E-state index contributed by atoms with van der Waals surface area (Å²) in [4.78, 5) is 60.4. The highest BCUT2D eigenvalue weighted by Gasteiger charge is 2.43. The molecule has 42 heavy (non-hydrogen) atoms. The van der Waals surface area contributed by atoms with E-state index in [9.17, 15) is 46.9 Å². The molecule has 236 valence electrons. The van der Waals surface area contributed by atoms with Gasteiger partial charge in [-0.15, -0.1) is 0 Å². The zero-order chi connectivity index (χ0) is 31.3. The Morgan fingerprint density at radius 3 is 2.43 bits per heavy atom. The summed E-state index contributed by atoms with van der Waals surface area (Å²) in [6.07, 6.45) is -6.44. The summed E-state index contributed by atoms with van der Waals surface area (Å²) in [7, 11) is -4.79. The van der Waals surface area contributed by atoms with Gasteiger partial charge in [0.25, 0.3) is 5.91 Å². The molecule has 2 rings (SSSR count). The highest BCUT2D eigenvalue weighted by molar-refractivity contribution is 7.53. The lowest BCUT2D eigenvalue weighted by Gasteiger charge is -2.30. The van der Waals surface area contributed by atoms with Crippen molar-refractivity contribution in [2.75, 3.05) is 13.1 Å². The molecule has 1 heterocycles. The molecule has 0 spiro atoms. The lowest BCUT2D eigenvalue weighted by atomic mass is 10.1. The second-order valence-electron chi connectivity index (χ2n) is 9.80. The van der Waals surface area contributed by atoms with Gasteiger partial charge in [0, 0.05) is 13.1 Å². The van der Waals surface area contributed by atoms with Gasteiger partial charge in [0.2, 0.25) is 0 Å². The normalized spacial score (nSPS) is 18.0. The van der Waals surface area contributed by atoms with Crippen LogP contribution in [0.3, 0.4) is 0 Å². The number of unbranched alkanes of at least 4 members (excludes halogenated alkanes) is 2. The van der Waals surface area contributed by atoms with E-state index in [1.807, 2.05) is 6.92 Å². The minimum atomic E-state index is -5.06. The fraction of sp³-hybridized carbons (Fsp3) is 0.615. The van der Waals surface area contributed by atoms with E-state index in [-0.39, 0.29) is 51.8 Å². The number of hydrogen-bond donors (Lipinski definition) is 4. The molecule has 0 aliphatic carbocycles. The van der Waals surface area contributed by atoms with Crippen LogP contribution in [-0.2, 0) is 34.8 Å².